The lowest BCUT2D eigenvalue weighted by Gasteiger charge is -2.27. The number of amides is 2. The fraction of sp³-hybridized carbons (Fsp3) is 0.889. The number of methoxy groups -OCH3 is 4. The zero-order valence-electron chi connectivity index (χ0n) is 16.8. The highest BCUT2D eigenvalue weighted by molar-refractivity contribution is 6.34. The molecule has 0 saturated carbocycles. The predicted octanol–water partition coefficient (Wildman–Crippen LogP) is 0.790. The molecule has 0 aliphatic rings. The van der Waals surface area contributed by atoms with Gasteiger partial charge in [0.05, 0.1) is 0 Å². The van der Waals surface area contributed by atoms with Crippen molar-refractivity contribution in [2.24, 2.45) is 0 Å². The normalized spacial score (nSPS) is 10.8. The van der Waals surface area contributed by atoms with Crippen molar-refractivity contribution in [2.45, 2.75) is 25.7 Å². The molecule has 154 valence electrons. The first-order valence-corrected chi connectivity index (χ1v) is 9.16. The van der Waals surface area contributed by atoms with Crippen LogP contribution in [0.4, 0.5) is 0 Å². The van der Waals surface area contributed by atoms with Crippen molar-refractivity contribution < 1.29 is 28.5 Å². The van der Waals surface area contributed by atoms with Crippen molar-refractivity contribution in [1.82, 2.24) is 9.80 Å². The summed E-state index contributed by atoms with van der Waals surface area (Å²) in [5.74, 6) is -0.931. The Morgan fingerprint density at radius 2 is 0.769 bits per heavy atom. The molecule has 0 atom stereocenters. The van der Waals surface area contributed by atoms with Crippen LogP contribution in [0.1, 0.15) is 25.7 Å². The predicted molar refractivity (Wildman–Crippen MR) is 99.1 cm³/mol. The number of carbonyl (C=O) groups is 2. The maximum Gasteiger partial charge on any atom is 0.312 e. The van der Waals surface area contributed by atoms with Crippen LogP contribution in [0.5, 0.6) is 0 Å². The van der Waals surface area contributed by atoms with Crippen LogP contribution in [0.2, 0.25) is 0 Å². The Morgan fingerprint density at radius 1 is 0.538 bits per heavy atom. The zero-order chi connectivity index (χ0) is 19.6. The van der Waals surface area contributed by atoms with E-state index >= 15 is 0 Å². The second-order valence-corrected chi connectivity index (χ2v) is 5.97. The van der Waals surface area contributed by atoms with E-state index in [9.17, 15) is 9.59 Å². The van der Waals surface area contributed by atoms with Gasteiger partial charge in [0.15, 0.2) is 0 Å². The topological polar surface area (TPSA) is 77.5 Å². The minimum absolute atomic E-state index is 0.466. The molecule has 8 heteroatoms. The summed E-state index contributed by atoms with van der Waals surface area (Å²) in [5.41, 5.74) is 0. The fourth-order valence-corrected chi connectivity index (χ4v) is 2.50. The molecule has 8 nitrogen and oxygen atoms in total. The molecular weight excluding hydrogens is 340 g/mol. The molecular formula is C18H36N2O6. The van der Waals surface area contributed by atoms with Gasteiger partial charge in [0.2, 0.25) is 0 Å². The molecule has 0 fully saturated rings. The number of carbonyl (C=O) groups excluding carboxylic acids is 2. The van der Waals surface area contributed by atoms with Crippen molar-refractivity contribution in [1.29, 1.82) is 0 Å². The van der Waals surface area contributed by atoms with Crippen molar-refractivity contribution in [3.8, 4) is 0 Å². The Balaban J connectivity index is 4.83. The number of nitrogens with zero attached hydrogens (tertiary/aromatic N) is 2. The van der Waals surface area contributed by atoms with Crippen molar-refractivity contribution in [2.75, 3.05) is 81.0 Å². The molecule has 0 bridgehead atoms. The summed E-state index contributed by atoms with van der Waals surface area (Å²) in [6.07, 6.45) is 2.76. The van der Waals surface area contributed by atoms with Crippen molar-refractivity contribution >= 4 is 11.8 Å². The first-order chi connectivity index (χ1) is 12.6. The van der Waals surface area contributed by atoms with Crippen LogP contribution < -0.4 is 0 Å². The number of ether oxygens (including phenoxy) is 4. The minimum atomic E-state index is -0.466. The Hall–Kier alpha value is -1.22. The smallest absolute Gasteiger partial charge is 0.312 e. The van der Waals surface area contributed by atoms with Crippen molar-refractivity contribution in [3.05, 3.63) is 0 Å². The molecule has 0 spiro atoms. The monoisotopic (exact) mass is 376 g/mol. The van der Waals surface area contributed by atoms with Crippen molar-refractivity contribution in [3.63, 3.8) is 0 Å². The van der Waals surface area contributed by atoms with Gasteiger partial charge >= 0.3 is 11.8 Å². The molecule has 0 unspecified atom stereocenters. The van der Waals surface area contributed by atoms with Gasteiger partial charge in [0, 0.05) is 81.0 Å². The van der Waals surface area contributed by atoms with Gasteiger partial charge in [-0.3, -0.25) is 9.59 Å². The van der Waals surface area contributed by atoms with E-state index in [1.807, 2.05) is 0 Å². The minimum Gasteiger partial charge on any atom is -0.385 e. The largest absolute Gasteiger partial charge is 0.385 e. The summed E-state index contributed by atoms with van der Waals surface area (Å²) >= 11 is 0. The second kappa shape index (κ2) is 17.2. The summed E-state index contributed by atoms with van der Waals surface area (Å²) in [7, 11) is 6.48. The Labute approximate surface area is 157 Å². The molecule has 0 aromatic heterocycles. The molecule has 0 aromatic rings. The zero-order valence-corrected chi connectivity index (χ0v) is 16.8. The van der Waals surface area contributed by atoms with E-state index in [1.54, 1.807) is 38.2 Å². The van der Waals surface area contributed by atoms with Gasteiger partial charge in [-0.15, -0.1) is 0 Å². The first-order valence-electron chi connectivity index (χ1n) is 9.16. The molecule has 0 aliphatic heterocycles. The highest BCUT2D eigenvalue weighted by Gasteiger charge is 2.26. The number of hydrogen-bond donors (Lipinski definition) is 0. The lowest BCUT2D eigenvalue weighted by molar-refractivity contribution is -0.152. The maximum absolute atomic E-state index is 12.7. The van der Waals surface area contributed by atoms with Crippen LogP contribution in [-0.4, -0.2) is 103 Å². The lowest BCUT2D eigenvalue weighted by Crippen LogP contribution is -2.47. The first kappa shape index (κ1) is 24.8. The van der Waals surface area contributed by atoms with E-state index in [1.165, 1.54) is 0 Å². The summed E-state index contributed by atoms with van der Waals surface area (Å²) in [5, 5.41) is 0. The second-order valence-electron chi connectivity index (χ2n) is 5.97. The molecule has 0 aliphatic carbocycles. The quantitative estimate of drug-likeness (QED) is 0.293. The Bertz CT molecular complexity index is 314. The molecule has 0 rings (SSSR count). The van der Waals surface area contributed by atoms with Crippen LogP contribution >= 0.6 is 0 Å². The van der Waals surface area contributed by atoms with Crippen LogP contribution in [0, 0.1) is 0 Å². The molecule has 0 radical (unpaired) electrons. The molecule has 0 N–H and O–H groups in total. The summed E-state index contributed by atoms with van der Waals surface area (Å²) in [4.78, 5) is 28.7. The van der Waals surface area contributed by atoms with Gasteiger partial charge < -0.3 is 28.7 Å². The van der Waals surface area contributed by atoms with E-state index in [0.29, 0.717) is 78.3 Å². The van der Waals surface area contributed by atoms with Crippen LogP contribution in [0.25, 0.3) is 0 Å². The third-order valence-electron chi connectivity index (χ3n) is 3.86. The molecule has 0 heterocycles. The molecule has 0 saturated heterocycles. The fourth-order valence-electron chi connectivity index (χ4n) is 2.50. The third-order valence-corrected chi connectivity index (χ3v) is 3.86. The van der Waals surface area contributed by atoms with Gasteiger partial charge in [-0.05, 0) is 25.7 Å². The Morgan fingerprint density at radius 3 is 0.962 bits per heavy atom. The van der Waals surface area contributed by atoms with E-state index < -0.39 is 11.8 Å². The SMILES string of the molecule is COCCCN(CCCOC)C(=O)C(=O)N(CCCOC)CCCOC. The highest BCUT2D eigenvalue weighted by atomic mass is 16.5. The van der Waals surface area contributed by atoms with Gasteiger partial charge in [-0.25, -0.2) is 0 Å². The average Bonchev–Trinajstić information content (AvgIpc) is 2.65. The Kier molecular flexibility index (Phi) is 16.4. The van der Waals surface area contributed by atoms with Gasteiger partial charge in [0.25, 0.3) is 0 Å². The van der Waals surface area contributed by atoms with E-state index in [0.717, 1.165) is 0 Å². The van der Waals surface area contributed by atoms with Crippen LogP contribution in [0.15, 0.2) is 0 Å². The number of hydrogen-bond acceptors (Lipinski definition) is 6. The van der Waals surface area contributed by atoms with Crippen LogP contribution in [0.3, 0.4) is 0 Å². The van der Waals surface area contributed by atoms with E-state index in [2.05, 4.69) is 0 Å². The molecule has 26 heavy (non-hydrogen) atoms. The van der Waals surface area contributed by atoms with Gasteiger partial charge in [0.1, 0.15) is 0 Å². The highest BCUT2D eigenvalue weighted by Crippen LogP contribution is 2.04. The summed E-state index contributed by atoms with van der Waals surface area (Å²) < 4.78 is 20.2. The van der Waals surface area contributed by atoms with Crippen LogP contribution in [-0.2, 0) is 28.5 Å². The summed E-state index contributed by atoms with van der Waals surface area (Å²) in [6, 6.07) is 0. The van der Waals surface area contributed by atoms with Gasteiger partial charge in [-0.2, -0.15) is 0 Å². The summed E-state index contributed by atoms with van der Waals surface area (Å²) in [6.45, 7) is 4.17. The standard InChI is InChI=1S/C18H36N2O6/c1-23-13-5-9-19(10-6-14-24-2)17(21)18(22)20(11-7-15-25-3)12-8-16-26-4/h5-16H2,1-4H3. The maximum atomic E-state index is 12.7. The lowest BCUT2D eigenvalue weighted by atomic mass is 10.2. The number of rotatable bonds is 16. The molecule has 2 amide bonds. The molecule has 0 aromatic carbocycles. The third kappa shape index (κ3) is 11.4. The van der Waals surface area contributed by atoms with E-state index in [-0.39, 0.29) is 0 Å². The van der Waals surface area contributed by atoms with Gasteiger partial charge in [-0.1, -0.05) is 0 Å². The van der Waals surface area contributed by atoms with E-state index in [4.69, 9.17) is 18.9 Å². The average molecular weight is 376 g/mol.